The maximum absolute atomic E-state index is 12.0. The summed E-state index contributed by atoms with van der Waals surface area (Å²) in [6.45, 7) is 0. The van der Waals surface area contributed by atoms with Crippen LogP contribution in [0.25, 0.3) is 0 Å². The zero-order valence-corrected chi connectivity index (χ0v) is 12.4. The first kappa shape index (κ1) is 14.9. The Morgan fingerprint density at radius 3 is 2.45 bits per heavy atom. The molecule has 2 rings (SSSR count). The molecule has 0 unspecified atom stereocenters. The molecule has 0 bridgehead atoms. The van der Waals surface area contributed by atoms with Gasteiger partial charge in [-0.2, -0.15) is 0 Å². The molecular weight excluding hydrogens is 293 g/mol. The van der Waals surface area contributed by atoms with Crippen molar-refractivity contribution >= 4 is 34.7 Å². The van der Waals surface area contributed by atoms with Crippen molar-refractivity contribution < 1.29 is 4.79 Å². The van der Waals surface area contributed by atoms with Crippen molar-refractivity contribution in [3.63, 3.8) is 0 Å². The molecule has 0 aromatic heterocycles. The molecule has 0 aliphatic rings. The quantitative estimate of drug-likeness (QED) is 0.836. The maximum atomic E-state index is 12.0. The first-order valence-corrected chi connectivity index (χ1v) is 7.11. The molecule has 2 aromatic carbocycles. The Morgan fingerprint density at radius 1 is 1.05 bits per heavy atom. The lowest BCUT2D eigenvalue weighted by molar-refractivity contribution is -0.118. The number of carbonyl (C=O) groups is 1. The molecule has 0 atom stereocenters. The van der Waals surface area contributed by atoms with Crippen molar-refractivity contribution in [2.24, 2.45) is 0 Å². The molecule has 0 aliphatic carbocycles. The van der Waals surface area contributed by atoms with Crippen molar-refractivity contribution in [1.29, 1.82) is 0 Å². The summed E-state index contributed by atoms with van der Waals surface area (Å²) in [7, 11) is 0. The fraction of sp³-hybridized carbons (Fsp3) is 0.188. The molecule has 2 nitrogen and oxygen atoms in total. The van der Waals surface area contributed by atoms with Gasteiger partial charge < -0.3 is 5.73 Å². The van der Waals surface area contributed by atoms with Gasteiger partial charge in [0.2, 0.25) is 0 Å². The molecular formula is C16H15Cl2NO. The lowest BCUT2D eigenvalue weighted by atomic mass is 10.0. The summed E-state index contributed by atoms with van der Waals surface area (Å²) in [5.74, 6) is 0.144. The molecule has 0 radical (unpaired) electrons. The Hall–Kier alpha value is -1.51. The second kappa shape index (κ2) is 6.78. The van der Waals surface area contributed by atoms with Gasteiger partial charge >= 0.3 is 0 Å². The minimum absolute atomic E-state index is 0.144. The molecule has 0 saturated carbocycles. The molecule has 20 heavy (non-hydrogen) atoms. The van der Waals surface area contributed by atoms with E-state index in [9.17, 15) is 4.79 Å². The molecule has 0 fully saturated rings. The van der Waals surface area contributed by atoms with E-state index in [0.29, 0.717) is 29.3 Å². The Bertz CT molecular complexity index is 608. The fourth-order valence-corrected chi connectivity index (χ4v) is 2.34. The number of ketones is 1. The fourth-order valence-electron chi connectivity index (χ4n) is 1.95. The highest BCUT2D eigenvalue weighted by atomic mass is 35.5. The van der Waals surface area contributed by atoms with E-state index in [2.05, 4.69) is 0 Å². The minimum Gasteiger partial charge on any atom is -0.399 e. The number of nitrogens with two attached hydrogens (primary N) is 1. The van der Waals surface area contributed by atoms with Gasteiger partial charge in [-0.05, 0) is 35.7 Å². The highest BCUT2D eigenvalue weighted by Gasteiger charge is 2.09. The third kappa shape index (κ3) is 3.99. The van der Waals surface area contributed by atoms with Crippen molar-refractivity contribution in [2.75, 3.05) is 5.73 Å². The Morgan fingerprint density at radius 2 is 1.75 bits per heavy atom. The average Bonchev–Trinajstić information content (AvgIpc) is 2.43. The predicted octanol–water partition coefficient (Wildman–Crippen LogP) is 4.32. The second-order valence-corrected chi connectivity index (χ2v) is 5.46. The Balaban J connectivity index is 1.92. The van der Waals surface area contributed by atoms with Crippen LogP contribution in [0.1, 0.15) is 17.5 Å². The van der Waals surface area contributed by atoms with E-state index in [4.69, 9.17) is 28.9 Å². The first-order chi connectivity index (χ1) is 9.56. The van der Waals surface area contributed by atoms with E-state index in [0.717, 1.165) is 16.8 Å². The lowest BCUT2D eigenvalue weighted by Crippen LogP contribution is -2.05. The van der Waals surface area contributed by atoms with Crippen LogP contribution in [-0.4, -0.2) is 5.78 Å². The van der Waals surface area contributed by atoms with Gasteiger partial charge in [0.25, 0.3) is 0 Å². The first-order valence-electron chi connectivity index (χ1n) is 6.35. The molecule has 2 N–H and O–H groups in total. The lowest BCUT2D eigenvalue weighted by Gasteiger charge is -2.05. The van der Waals surface area contributed by atoms with Crippen LogP contribution in [-0.2, 0) is 17.6 Å². The molecule has 4 heteroatoms. The molecule has 0 aliphatic heterocycles. The zero-order chi connectivity index (χ0) is 14.5. The van der Waals surface area contributed by atoms with Crippen LogP contribution in [0.15, 0.2) is 42.5 Å². The summed E-state index contributed by atoms with van der Waals surface area (Å²) < 4.78 is 0. The number of benzene rings is 2. The van der Waals surface area contributed by atoms with Crippen molar-refractivity contribution in [3.8, 4) is 0 Å². The molecule has 104 valence electrons. The number of Topliss-reactive ketones (excluding diaryl/α,β-unsaturated/α-hetero) is 1. The number of carbonyl (C=O) groups excluding carboxylic acids is 1. The van der Waals surface area contributed by atoms with E-state index in [-0.39, 0.29) is 5.78 Å². The van der Waals surface area contributed by atoms with Crippen molar-refractivity contribution in [2.45, 2.75) is 19.3 Å². The standard InChI is InChI=1S/C16H15Cl2NO/c17-15-3-1-2-12(16(15)18)10-14(20)9-6-11-4-7-13(19)8-5-11/h1-5,7-8H,6,9-10,19H2. The monoisotopic (exact) mass is 307 g/mol. The maximum Gasteiger partial charge on any atom is 0.137 e. The number of nitrogen functional groups attached to an aromatic ring is 1. The minimum atomic E-state index is 0.144. The van der Waals surface area contributed by atoms with Crippen LogP contribution >= 0.6 is 23.2 Å². The average molecular weight is 308 g/mol. The number of anilines is 1. The van der Waals surface area contributed by atoms with Gasteiger partial charge in [0.05, 0.1) is 10.0 Å². The van der Waals surface area contributed by atoms with Crippen molar-refractivity contribution in [3.05, 3.63) is 63.6 Å². The SMILES string of the molecule is Nc1ccc(CCC(=O)Cc2cccc(Cl)c2Cl)cc1. The smallest absolute Gasteiger partial charge is 0.137 e. The van der Waals surface area contributed by atoms with Gasteiger partial charge in [-0.1, -0.05) is 47.5 Å². The van der Waals surface area contributed by atoms with Crippen LogP contribution < -0.4 is 5.73 Å². The normalized spacial score (nSPS) is 10.5. The van der Waals surface area contributed by atoms with E-state index in [1.54, 1.807) is 12.1 Å². The molecule has 0 spiro atoms. The van der Waals surface area contributed by atoms with E-state index in [1.165, 1.54) is 0 Å². The van der Waals surface area contributed by atoms with E-state index >= 15 is 0 Å². The number of hydrogen-bond donors (Lipinski definition) is 1. The van der Waals surface area contributed by atoms with Crippen molar-refractivity contribution in [1.82, 2.24) is 0 Å². The molecule has 2 aromatic rings. The number of halogens is 2. The van der Waals surface area contributed by atoms with Gasteiger partial charge in [0.1, 0.15) is 5.78 Å². The van der Waals surface area contributed by atoms with Crippen LogP contribution in [0.4, 0.5) is 5.69 Å². The van der Waals surface area contributed by atoms with Crippen LogP contribution in [0.5, 0.6) is 0 Å². The Labute approximate surface area is 128 Å². The van der Waals surface area contributed by atoms with Crippen LogP contribution in [0.2, 0.25) is 10.0 Å². The summed E-state index contributed by atoms with van der Waals surface area (Å²) in [6.07, 6.45) is 1.50. The van der Waals surface area contributed by atoms with Crippen LogP contribution in [0.3, 0.4) is 0 Å². The van der Waals surface area contributed by atoms with Crippen LogP contribution in [0, 0.1) is 0 Å². The van der Waals surface area contributed by atoms with Gasteiger partial charge in [-0.25, -0.2) is 0 Å². The number of aryl methyl sites for hydroxylation is 1. The molecule has 0 heterocycles. The summed E-state index contributed by atoms with van der Waals surface area (Å²) in [4.78, 5) is 12.0. The summed E-state index contributed by atoms with van der Waals surface area (Å²) in [6, 6.07) is 12.9. The van der Waals surface area contributed by atoms with Gasteiger partial charge in [-0.3, -0.25) is 4.79 Å². The van der Waals surface area contributed by atoms with E-state index < -0.39 is 0 Å². The zero-order valence-electron chi connectivity index (χ0n) is 10.9. The third-order valence-electron chi connectivity index (χ3n) is 3.09. The predicted molar refractivity (Wildman–Crippen MR) is 84.3 cm³/mol. The topological polar surface area (TPSA) is 43.1 Å². The number of hydrogen-bond acceptors (Lipinski definition) is 2. The highest BCUT2D eigenvalue weighted by molar-refractivity contribution is 6.42. The third-order valence-corrected chi connectivity index (χ3v) is 3.95. The van der Waals surface area contributed by atoms with E-state index in [1.807, 2.05) is 30.3 Å². The van der Waals surface area contributed by atoms with Gasteiger partial charge in [0, 0.05) is 18.5 Å². The highest BCUT2D eigenvalue weighted by Crippen LogP contribution is 2.26. The summed E-state index contributed by atoms with van der Waals surface area (Å²) in [5, 5.41) is 0.950. The molecule has 0 amide bonds. The largest absolute Gasteiger partial charge is 0.399 e. The Kier molecular flexibility index (Phi) is 5.05. The van der Waals surface area contributed by atoms with Gasteiger partial charge in [0.15, 0.2) is 0 Å². The summed E-state index contributed by atoms with van der Waals surface area (Å²) >= 11 is 12.0. The number of rotatable bonds is 5. The molecule has 0 saturated heterocycles. The summed E-state index contributed by atoms with van der Waals surface area (Å²) in [5.41, 5.74) is 8.23. The second-order valence-electron chi connectivity index (χ2n) is 4.67. The van der Waals surface area contributed by atoms with Gasteiger partial charge in [-0.15, -0.1) is 0 Å².